The Morgan fingerprint density at radius 1 is 1.00 bits per heavy atom. The minimum atomic E-state index is -0.504. The average Bonchev–Trinajstić information content (AvgIpc) is 2.30. The van der Waals surface area contributed by atoms with E-state index >= 15 is 0 Å². The summed E-state index contributed by atoms with van der Waals surface area (Å²) in [5.41, 5.74) is 0. The molecule has 2 atom stereocenters. The molecule has 0 saturated carbocycles. The Labute approximate surface area is 94.2 Å². The minimum Gasteiger partial charge on any atom is -0.435 e. The molecule has 0 aliphatic heterocycles. The first-order chi connectivity index (χ1) is 7.70. The van der Waals surface area contributed by atoms with Crippen LogP contribution in [0.1, 0.15) is 12.8 Å². The smallest absolute Gasteiger partial charge is 0.314 e. The van der Waals surface area contributed by atoms with Crippen molar-refractivity contribution < 1.29 is 19.1 Å². The van der Waals surface area contributed by atoms with Crippen LogP contribution in [0, 0.1) is 11.8 Å². The Balaban J connectivity index is 2.75. The van der Waals surface area contributed by atoms with Gasteiger partial charge >= 0.3 is 11.9 Å². The van der Waals surface area contributed by atoms with Gasteiger partial charge in [-0.25, -0.2) is 0 Å². The molecule has 0 aromatic rings. The second kappa shape index (κ2) is 5.90. The fourth-order valence-corrected chi connectivity index (χ4v) is 1.67. The average molecular weight is 222 g/mol. The largest absolute Gasteiger partial charge is 0.435 e. The fraction of sp³-hybridized carbons (Fsp3) is 0.333. The summed E-state index contributed by atoms with van der Waals surface area (Å²) in [6.45, 7) is 6.62. The van der Waals surface area contributed by atoms with Crippen LogP contribution in [0.5, 0.6) is 0 Å². The maximum atomic E-state index is 11.6. The van der Waals surface area contributed by atoms with Crippen LogP contribution in [0.4, 0.5) is 0 Å². The van der Waals surface area contributed by atoms with Crippen LogP contribution in [-0.2, 0) is 19.1 Å². The van der Waals surface area contributed by atoms with Crippen molar-refractivity contribution in [1.82, 2.24) is 0 Å². The molecule has 0 amide bonds. The molecule has 0 saturated heterocycles. The van der Waals surface area contributed by atoms with E-state index in [9.17, 15) is 9.59 Å². The van der Waals surface area contributed by atoms with Crippen LogP contribution in [0.25, 0.3) is 0 Å². The van der Waals surface area contributed by atoms with E-state index in [1.165, 1.54) is 0 Å². The molecule has 2 unspecified atom stereocenters. The Morgan fingerprint density at radius 2 is 1.38 bits per heavy atom. The number of allylic oxidation sites excluding steroid dienone is 2. The van der Waals surface area contributed by atoms with Crippen LogP contribution in [0.2, 0.25) is 0 Å². The van der Waals surface area contributed by atoms with E-state index in [1.807, 2.05) is 12.2 Å². The summed E-state index contributed by atoms with van der Waals surface area (Å²) in [7, 11) is 0. The van der Waals surface area contributed by atoms with Gasteiger partial charge in [-0.1, -0.05) is 25.3 Å². The highest BCUT2D eigenvalue weighted by Gasteiger charge is 2.35. The summed E-state index contributed by atoms with van der Waals surface area (Å²) >= 11 is 0. The van der Waals surface area contributed by atoms with E-state index in [1.54, 1.807) is 0 Å². The molecule has 86 valence electrons. The summed E-state index contributed by atoms with van der Waals surface area (Å²) in [5.74, 6) is -1.92. The molecule has 1 rings (SSSR count). The lowest BCUT2D eigenvalue weighted by Gasteiger charge is -2.23. The van der Waals surface area contributed by atoms with Crippen LogP contribution in [0.15, 0.2) is 37.8 Å². The quantitative estimate of drug-likeness (QED) is 0.414. The van der Waals surface area contributed by atoms with Crippen molar-refractivity contribution in [2.45, 2.75) is 12.8 Å². The summed E-state index contributed by atoms with van der Waals surface area (Å²) < 4.78 is 9.39. The monoisotopic (exact) mass is 222 g/mol. The van der Waals surface area contributed by atoms with Crippen molar-refractivity contribution >= 4 is 11.9 Å². The molecule has 0 aromatic carbocycles. The van der Waals surface area contributed by atoms with Gasteiger partial charge in [0.1, 0.15) is 0 Å². The van der Waals surface area contributed by atoms with E-state index in [4.69, 9.17) is 9.47 Å². The highest BCUT2D eigenvalue weighted by atomic mass is 16.5. The first kappa shape index (κ1) is 12.2. The Bertz CT molecular complexity index is 298. The highest BCUT2D eigenvalue weighted by molar-refractivity contribution is 5.83. The van der Waals surface area contributed by atoms with Crippen molar-refractivity contribution in [2.75, 3.05) is 0 Å². The summed E-state index contributed by atoms with van der Waals surface area (Å²) in [6.07, 6.45) is 6.79. The van der Waals surface area contributed by atoms with Gasteiger partial charge in [0.05, 0.1) is 24.4 Å². The highest BCUT2D eigenvalue weighted by Crippen LogP contribution is 2.28. The molecule has 4 heteroatoms. The molecule has 1 aliphatic carbocycles. The number of carbonyl (C=O) groups excluding carboxylic acids is 2. The van der Waals surface area contributed by atoms with Gasteiger partial charge in [-0.15, -0.1) is 0 Å². The zero-order chi connectivity index (χ0) is 12.0. The number of esters is 2. The Morgan fingerprint density at radius 3 is 1.69 bits per heavy atom. The lowest BCUT2D eigenvalue weighted by molar-refractivity contribution is -0.154. The van der Waals surface area contributed by atoms with Crippen LogP contribution < -0.4 is 0 Å². The molecule has 1 aliphatic rings. The normalized spacial score (nSPS) is 23.2. The second-order valence-corrected chi connectivity index (χ2v) is 3.36. The predicted molar refractivity (Wildman–Crippen MR) is 57.9 cm³/mol. The van der Waals surface area contributed by atoms with Gasteiger partial charge in [0.25, 0.3) is 0 Å². The summed E-state index contributed by atoms with van der Waals surface area (Å²) in [6, 6.07) is 0. The van der Waals surface area contributed by atoms with Gasteiger partial charge in [0.2, 0.25) is 0 Å². The van der Waals surface area contributed by atoms with Crippen molar-refractivity contribution in [3.63, 3.8) is 0 Å². The van der Waals surface area contributed by atoms with Gasteiger partial charge < -0.3 is 9.47 Å². The molecule has 0 heterocycles. The molecular weight excluding hydrogens is 208 g/mol. The molecule has 4 nitrogen and oxygen atoms in total. The van der Waals surface area contributed by atoms with Crippen molar-refractivity contribution in [2.24, 2.45) is 11.8 Å². The molecule has 0 bridgehead atoms. The van der Waals surface area contributed by atoms with Crippen LogP contribution >= 0.6 is 0 Å². The van der Waals surface area contributed by atoms with Gasteiger partial charge in [-0.05, 0) is 12.8 Å². The predicted octanol–water partition coefficient (Wildman–Crippen LogP) is 1.94. The molecule has 0 fully saturated rings. The number of rotatable bonds is 4. The van der Waals surface area contributed by atoms with E-state index in [2.05, 4.69) is 13.2 Å². The third-order valence-corrected chi connectivity index (χ3v) is 2.44. The van der Waals surface area contributed by atoms with Crippen molar-refractivity contribution in [1.29, 1.82) is 0 Å². The minimum absolute atomic E-state index is 0.453. The van der Waals surface area contributed by atoms with Crippen molar-refractivity contribution in [3.8, 4) is 0 Å². The van der Waals surface area contributed by atoms with E-state index in [0.29, 0.717) is 12.8 Å². The fourth-order valence-electron chi connectivity index (χ4n) is 1.67. The van der Waals surface area contributed by atoms with E-state index < -0.39 is 23.8 Å². The third kappa shape index (κ3) is 2.82. The SMILES string of the molecule is C=COC(=O)C1CC=CCC1C(=O)OC=C. The van der Waals surface area contributed by atoms with E-state index in [0.717, 1.165) is 12.5 Å². The van der Waals surface area contributed by atoms with Gasteiger partial charge in [-0.2, -0.15) is 0 Å². The zero-order valence-corrected chi connectivity index (χ0v) is 8.93. The molecule has 0 spiro atoms. The molecular formula is C12H14O4. The standard InChI is InChI=1S/C12H14O4/c1-3-15-11(13)9-7-5-6-8-10(9)12(14)16-4-2/h3-6,9-10H,1-2,7-8H2. The van der Waals surface area contributed by atoms with Gasteiger partial charge in [-0.3, -0.25) is 9.59 Å². The van der Waals surface area contributed by atoms with Gasteiger partial charge in [0.15, 0.2) is 0 Å². The first-order valence-corrected chi connectivity index (χ1v) is 4.98. The lowest BCUT2D eigenvalue weighted by atomic mass is 9.83. The topological polar surface area (TPSA) is 52.6 Å². The summed E-state index contributed by atoms with van der Waals surface area (Å²) in [4.78, 5) is 23.1. The lowest BCUT2D eigenvalue weighted by Crippen LogP contribution is -2.32. The number of ether oxygens (including phenoxy) is 2. The maximum Gasteiger partial charge on any atom is 0.314 e. The van der Waals surface area contributed by atoms with Crippen LogP contribution in [0.3, 0.4) is 0 Å². The van der Waals surface area contributed by atoms with Gasteiger partial charge in [0, 0.05) is 0 Å². The second-order valence-electron chi connectivity index (χ2n) is 3.36. The Hall–Kier alpha value is -1.84. The van der Waals surface area contributed by atoms with Crippen molar-refractivity contribution in [3.05, 3.63) is 37.8 Å². The summed E-state index contributed by atoms with van der Waals surface area (Å²) in [5, 5.41) is 0. The van der Waals surface area contributed by atoms with Crippen LogP contribution in [-0.4, -0.2) is 11.9 Å². The molecule has 16 heavy (non-hydrogen) atoms. The number of hydrogen-bond acceptors (Lipinski definition) is 4. The first-order valence-electron chi connectivity index (χ1n) is 4.98. The maximum absolute atomic E-state index is 11.6. The molecule has 0 aromatic heterocycles. The number of hydrogen-bond donors (Lipinski definition) is 0. The van der Waals surface area contributed by atoms with E-state index in [-0.39, 0.29) is 0 Å². The third-order valence-electron chi connectivity index (χ3n) is 2.44. The Kier molecular flexibility index (Phi) is 4.51. The zero-order valence-electron chi connectivity index (χ0n) is 8.93. The molecule has 0 N–H and O–H groups in total. The number of carbonyl (C=O) groups is 2. The molecule has 0 radical (unpaired) electrons.